The molecule has 0 fully saturated rings. The summed E-state index contributed by atoms with van der Waals surface area (Å²) in [4.78, 5) is 29.8. The summed E-state index contributed by atoms with van der Waals surface area (Å²) in [5.41, 5.74) is 1.65. The van der Waals surface area contributed by atoms with Gasteiger partial charge in [-0.1, -0.05) is 56.8 Å². The molecule has 0 aliphatic rings. The number of amides is 2. The van der Waals surface area contributed by atoms with E-state index in [1.54, 1.807) is 0 Å². The number of hydrogen-bond donors (Lipinski definition) is 2. The summed E-state index contributed by atoms with van der Waals surface area (Å²) in [7, 11) is 0. The summed E-state index contributed by atoms with van der Waals surface area (Å²) in [6.45, 7) is 9.72. The van der Waals surface area contributed by atoms with E-state index in [1.807, 2.05) is 49.4 Å². The average molecular weight is 408 g/mol. The van der Waals surface area contributed by atoms with Crippen LogP contribution in [0.1, 0.15) is 51.7 Å². The fraction of sp³-hybridized carbons (Fsp3) is 0.261. The van der Waals surface area contributed by atoms with Crippen LogP contribution in [0, 0.1) is 6.92 Å². The van der Waals surface area contributed by atoms with Crippen molar-refractivity contribution in [3.63, 3.8) is 0 Å². The van der Waals surface area contributed by atoms with E-state index in [1.165, 1.54) is 17.4 Å². The van der Waals surface area contributed by atoms with Crippen molar-refractivity contribution < 1.29 is 9.59 Å². The molecule has 1 heterocycles. The number of nitrogens with zero attached hydrogens (tertiary/aromatic N) is 1. The van der Waals surface area contributed by atoms with Gasteiger partial charge in [-0.3, -0.25) is 9.59 Å². The third-order valence-corrected chi connectivity index (χ3v) is 6.12. The summed E-state index contributed by atoms with van der Waals surface area (Å²) in [6.07, 6.45) is 1.22. The highest BCUT2D eigenvalue weighted by Gasteiger charge is 2.21. The summed E-state index contributed by atoms with van der Waals surface area (Å²) < 4.78 is 0. The molecule has 0 saturated carbocycles. The van der Waals surface area contributed by atoms with Crippen LogP contribution < -0.4 is 10.6 Å². The second-order valence-electron chi connectivity index (χ2n) is 7.20. The second kappa shape index (κ2) is 9.01. The fourth-order valence-electron chi connectivity index (χ4n) is 3.05. The molecule has 1 aromatic heterocycles. The maximum Gasteiger partial charge on any atom is 0.263 e. The third-order valence-electron chi connectivity index (χ3n) is 4.66. The molecule has 2 N–H and O–H groups in total. The van der Waals surface area contributed by atoms with Crippen LogP contribution in [-0.2, 0) is 4.79 Å². The summed E-state index contributed by atoms with van der Waals surface area (Å²) in [6, 6.07) is 13.7. The number of benzene rings is 2. The molecule has 0 spiro atoms. The van der Waals surface area contributed by atoms with E-state index in [4.69, 9.17) is 0 Å². The molecular formula is C23H25N3O2S. The number of hydrogen-bond acceptors (Lipinski definition) is 4. The Morgan fingerprint density at radius 3 is 2.55 bits per heavy atom. The van der Waals surface area contributed by atoms with E-state index in [0.29, 0.717) is 4.88 Å². The van der Waals surface area contributed by atoms with E-state index >= 15 is 0 Å². The minimum atomic E-state index is -0.375. The lowest BCUT2D eigenvalue weighted by Gasteiger charge is -2.20. The molecule has 3 rings (SSSR count). The van der Waals surface area contributed by atoms with E-state index < -0.39 is 0 Å². The molecule has 1 atom stereocenters. The van der Waals surface area contributed by atoms with Gasteiger partial charge in [0.25, 0.3) is 5.91 Å². The predicted molar refractivity (Wildman–Crippen MR) is 118 cm³/mol. The predicted octanol–water partition coefficient (Wildman–Crippen LogP) is 4.50. The molecule has 150 valence electrons. The van der Waals surface area contributed by atoms with Crippen LogP contribution in [0.15, 0.2) is 55.1 Å². The van der Waals surface area contributed by atoms with Crippen molar-refractivity contribution in [1.82, 2.24) is 15.6 Å². The standard InChI is InChI=1S/C23H25N3O2S/c1-5-20(27)24-13-19(18-11-10-16-8-6-7-9-17(16)12-18)26-22(28)21-15(4)25-23(29-21)14(2)3/h5-12,14,19H,1,13H2,2-4H3,(H,24,27)(H,26,28). The highest BCUT2D eigenvalue weighted by molar-refractivity contribution is 7.13. The highest BCUT2D eigenvalue weighted by atomic mass is 32.1. The van der Waals surface area contributed by atoms with Crippen molar-refractivity contribution >= 4 is 33.9 Å². The lowest BCUT2D eigenvalue weighted by Crippen LogP contribution is -2.37. The van der Waals surface area contributed by atoms with Gasteiger partial charge in [0, 0.05) is 12.5 Å². The zero-order chi connectivity index (χ0) is 21.0. The minimum Gasteiger partial charge on any atom is -0.350 e. The Balaban J connectivity index is 1.89. The van der Waals surface area contributed by atoms with Crippen molar-refractivity contribution in [2.75, 3.05) is 6.54 Å². The molecule has 0 bridgehead atoms. The van der Waals surface area contributed by atoms with Crippen LogP contribution in [0.5, 0.6) is 0 Å². The van der Waals surface area contributed by atoms with Gasteiger partial charge < -0.3 is 10.6 Å². The zero-order valence-corrected chi connectivity index (χ0v) is 17.7. The molecule has 3 aromatic rings. The SMILES string of the molecule is C=CC(=O)NCC(NC(=O)c1sc(C(C)C)nc1C)c1ccc2ccccc2c1. The van der Waals surface area contributed by atoms with Gasteiger partial charge >= 0.3 is 0 Å². The van der Waals surface area contributed by atoms with Crippen LogP contribution in [0.3, 0.4) is 0 Å². The van der Waals surface area contributed by atoms with Gasteiger partial charge in [0.15, 0.2) is 0 Å². The van der Waals surface area contributed by atoms with Crippen LogP contribution in [0.2, 0.25) is 0 Å². The Bertz CT molecular complexity index is 1060. The van der Waals surface area contributed by atoms with E-state index in [0.717, 1.165) is 27.0 Å². The monoisotopic (exact) mass is 407 g/mol. The summed E-state index contributed by atoms with van der Waals surface area (Å²) >= 11 is 1.42. The lowest BCUT2D eigenvalue weighted by molar-refractivity contribution is -0.116. The Hall–Kier alpha value is -2.99. The second-order valence-corrected chi connectivity index (χ2v) is 8.23. The van der Waals surface area contributed by atoms with Crippen molar-refractivity contribution in [2.45, 2.75) is 32.7 Å². The Morgan fingerprint density at radius 2 is 1.90 bits per heavy atom. The number of carbonyl (C=O) groups is 2. The number of fused-ring (bicyclic) bond motifs is 1. The number of aromatic nitrogens is 1. The molecule has 6 heteroatoms. The first-order valence-electron chi connectivity index (χ1n) is 9.56. The van der Waals surface area contributed by atoms with Crippen LogP contribution in [0.25, 0.3) is 10.8 Å². The smallest absolute Gasteiger partial charge is 0.263 e. The van der Waals surface area contributed by atoms with Gasteiger partial charge in [0.1, 0.15) is 4.88 Å². The Kier molecular flexibility index (Phi) is 6.44. The van der Waals surface area contributed by atoms with Gasteiger partial charge in [-0.15, -0.1) is 11.3 Å². The molecular weight excluding hydrogens is 382 g/mol. The topological polar surface area (TPSA) is 71.1 Å². The molecule has 0 saturated heterocycles. The average Bonchev–Trinajstić information content (AvgIpc) is 3.12. The van der Waals surface area contributed by atoms with Crippen LogP contribution in [-0.4, -0.2) is 23.3 Å². The highest BCUT2D eigenvalue weighted by Crippen LogP contribution is 2.26. The van der Waals surface area contributed by atoms with Gasteiger partial charge in [0.05, 0.1) is 16.7 Å². The number of aryl methyl sites for hydroxylation is 1. The van der Waals surface area contributed by atoms with E-state index in [9.17, 15) is 9.59 Å². The molecule has 1 unspecified atom stereocenters. The molecule has 0 aliphatic carbocycles. The normalized spacial score (nSPS) is 12.0. The molecule has 2 amide bonds. The number of rotatable bonds is 7. The lowest BCUT2D eigenvalue weighted by atomic mass is 10.0. The Morgan fingerprint density at radius 1 is 1.17 bits per heavy atom. The van der Waals surface area contributed by atoms with Gasteiger partial charge in [0.2, 0.25) is 5.91 Å². The van der Waals surface area contributed by atoms with Gasteiger partial charge in [-0.05, 0) is 35.4 Å². The van der Waals surface area contributed by atoms with Crippen molar-refractivity contribution in [3.8, 4) is 0 Å². The summed E-state index contributed by atoms with van der Waals surface area (Å²) in [5, 5.41) is 9.00. The molecule has 29 heavy (non-hydrogen) atoms. The largest absolute Gasteiger partial charge is 0.350 e. The number of nitrogens with one attached hydrogen (secondary N) is 2. The zero-order valence-electron chi connectivity index (χ0n) is 16.9. The van der Waals surface area contributed by atoms with Crippen LogP contribution in [0.4, 0.5) is 0 Å². The third kappa shape index (κ3) is 4.90. The number of carbonyl (C=O) groups excluding carboxylic acids is 2. The first kappa shape index (κ1) is 20.7. The molecule has 5 nitrogen and oxygen atoms in total. The Labute approximate surface area is 174 Å². The summed E-state index contributed by atoms with van der Waals surface area (Å²) in [5.74, 6) is -0.192. The molecule has 0 aliphatic heterocycles. The first-order chi connectivity index (χ1) is 13.9. The number of thiazole rings is 1. The van der Waals surface area contributed by atoms with Crippen molar-refractivity contribution in [1.29, 1.82) is 0 Å². The van der Waals surface area contributed by atoms with Crippen molar-refractivity contribution in [2.24, 2.45) is 0 Å². The first-order valence-corrected chi connectivity index (χ1v) is 10.4. The minimum absolute atomic E-state index is 0.182. The van der Waals surface area contributed by atoms with Crippen LogP contribution >= 0.6 is 11.3 Å². The van der Waals surface area contributed by atoms with E-state index in [-0.39, 0.29) is 30.3 Å². The molecule has 0 radical (unpaired) electrons. The van der Waals surface area contributed by atoms with Crippen molar-refractivity contribution in [3.05, 3.63) is 76.3 Å². The van der Waals surface area contributed by atoms with E-state index in [2.05, 4.69) is 36.0 Å². The fourth-order valence-corrected chi connectivity index (χ4v) is 4.02. The van der Waals surface area contributed by atoms with Gasteiger partial charge in [-0.25, -0.2) is 4.98 Å². The van der Waals surface area contributed by atoms with Gasteiger partial charge in [-0.2, -0.15) is 0 Å². The maximum atomic E-state index is 13.0. The maximum absolute atomic E-state index is 13.0. The molecule has 2 aromatic carbocycles. The quantitative estimate of drug-likeness (QED) is 0.567.